The molecule has 0 unspecified atom stereocenters. The Morgan fingerprint density at radius 1 is 1.45 bits per heavy atom. The van der Waals surface area contributed by atoms with Gasteiger partial charge in [0.1, 0.15) is 5.71 Å². The molecular weight excluding hydrogens is 138 g/mol. The first kappa shape index (κ1) is 7.54. The van der Waals surface area contributed by atoms with Crippen molar-refractivity contribution in [3.63, 3.8) is 0 Å². The molecule has 0 amide bonds. The molecule has 2 heteroatoms. The van der Waals surface area contributed by atoms with Crippen molar-refractivity contribution in [2.75, 3.05) is 0 Å². The predicted octanol–water partition coefficient (Wildman–Crippen LogP) is 2.18. The minimum absolute atomic E-state index is 0.708. The second kappa shape index (κ2) is 3.56. The third-order valence-corrected chi connectivity index (χ3v) is 1.17. The lowest BCUT2D eigenvalue weighted by molar-refractivity contribution is 0.389. The maximum atomic E-state index is 5.09. The predicted molar refractivity (Wildman–Crippen MR) is 46.1 cm³/mol. The lowest BCUT2D eigenvalue weighted by Crippen LogP contribution is -1.92. The van der Waals surface area contributed by atoms with E-state index >= 15 is 0 Å². The Labute approximate surface area is 65.9 Å². The Hall–Kier alpha value is -1.57. The van der Waals surface area contributed by atoms with Crippen molar-refractivity contribution in [3.8, 4) is 0 Å². The zero-order valence-electron chi connectivity index (χ0n) is 6.16. The van der Waals surface area contributed by atoms with Gasteiger partial charge in [0.15, 0.2) is 5.76 Å². The summed E-state index contributed by atoms with van der Waals surface area (Å²) in [5.74, 6) is 0.708. The first-order valence-corrected chi connectivity index (χ1v) is 3.23. The van der Waals surface area contributed by atoms with Gasteiger partial charge >= 0.3 is 0 Å². The van der Waals surface area contributed by atoms with Gasteiger partial charge in [-0.2, -0.15) is 0 Å². The Morgan fingerprint density at radius 3 is 2.91 bits per heavy atom. The summed E-state index contributed by atoms with van der Waals surface area (Å²) in [6.07, 6.45) is 8.24. The first-order chi connectivity index (χ1) is 5.38. The van der Waals surface area contributed by atoms with Crippen molar-refractivity contribution in [3.05, 3.63) is 49.6 Å². The Bertz CT molecular complexity index is 259. The van der Waals surface area contributed by atoms with E-state index in [0.29, 0.717) is 5.76 Å². The molecule has 0 fully saturated rings. The fourth-order valence-electron chi connectivity index (χ4n) is 0.751. The summed E-state index contributed by atoms with van der Waals surface area (Å²) in [6.45, 7) is 7.04. The molecule has 0 saturated carbocycles. The largest absolute Gasteiger partial charge is 0.463 e. The number of aliphatic imine (C=N–C) groups is 1. The molecule has 1 rings (SSSR count). The van der Waals surface area contributed by atoms with Crippen LogP contribution in [0.3, 0.4) is 0 Å². The van der Waals surface area contributed by atoms with Gasteiger partial charge in [0.2, 0.25) is 0 Å². The van der Waals surface area contributed by atoms with Gasteiger partial charge in [-0.3, -0.25) is 4.99 Å². The van der Waals surface area contributed by atoms with Crippen LogP contribution in [0.4, 0.5) is 0 Å². The molecule has 11 heavy (non-hydrogen) atoms. The average Bonchev–Trinajstić information content (AvgIpc) is 2.39. The van der Waals surface area contributed by atoms with E-state index in [-0.39, 0.29) is 0 Å². The van der Waals surface area contributed by atoms with Gasteiger partial charge in [-0.05, 0) is 6.08 Å². The third-order valence-electron chi connectivity index (χ3n) is 1.17. The molecule has 0 aromatic heterocycles. The summed E-state index contributed by atoms with van der Waals surface area (Å²) < 4.78 is 5.09. The van der Waals surface area contributed by atoms with E-state index in [9.17, 15) is 0 Å². The summed E-state index contributed by atoms with van der Waals surface area (Å²) in [6, 6.07) is 0. The summed E-state index contributed by atoms with van der Waals surface area (Å²) in [5, 5.41) is 0. The number of allylic oxidation sites excluding steroid dienone is 3. The van der Waals surface area contributed by atoms with E-state index < -0.39 is 0 Å². The van der Waals surface area contributed by atoms with Gasteiger partial charge in [0, 0.05) is 12.3 Å². The zero-order valence-corrected chi connectivity index (χ0v) is 6.16. The highest BCUT2D eigenvalue weighted by molar-refractivity contribution is 6.08. The van der Waals surface area contributed by atoms with Crippen molar-refractivity contribution >= 4 is 5.71 Å². The monoisotopic (exact) mass is 147 g/mol. The molecule has 0 spiro atoms. The number of hydrogen-bond acceptors (Lipinski definition) is 2. The quantitative estimate of drug-likeness (QED) is 0.586. The van der Waals surface area contributed by atoms with Gasteiger partial charge in [-0.25, -0.2) is 0 Å². The van der Waals surface area contributed by atoms with Crippen LogP contribution in [0, 0.1) is 0 Å². The Kier molecular flexibility index (Phi) is 2.44. The third kappa shape index (κ3) is 1.67. The van der Waals surface area contributed by atoms with Gasteiger partial charge in [-0.15, -0.1) is 0 Å². The van der Waals surface area contributed by atoms with Gasteiger partial charge in [-0.1, -0.05) is 19.2 Å². The standard InChI is InChI=1S/C9H9NO/c1-3-5-9-8(10-4-2)6-7-11-9/h3-7H,1-2H2/b9-5+,10-8?. The highest BCUT2D eigenvalue weighted by Crippen LogP contribution is 2.10. The van der Waals surface area contributed by atoms with Gasteiger partial charge in [0.05, 0.1) is 6.26 Å². The normalized spacial score (nSPS) is 22.2. The molecule has 2 nitrogen and oxygen atoms in total. The summed E-state index contributed by atoms with van der Waals surface area (Å²) in [4.78, 5) is 3.98. The summed E-state index contributed by atoms with van der Waals surface area (Å²) in [5.41, 5.74) is 0.778. The molecule has 0 N–H and O–H groups in total. The number of hydrogen-bond donors (Lipinski definition) is 0. The van der Waals surface area contributed by atoms with Crippen molar-refractivity contribution < 1.29 is 4.74 Å². The van der Waals surface area contributed by atoms with E-state index in [0.717, 1.165) is 5.71 Å². The molecule has 0 aliphatic carbocycles. The van der Waals surface area contributed by atoms with Crippen LogP contribution >= 0.6 is 0 Å². The van der Waals surface area contributed by atoms with Crippen molar-refractivity contribution in [2.45, 2.75) is 0 Å². The second-order valence-corrected chi connectivity index (χ2v) is 1.88. The second-order valence-electron chi connectivity index (χ2n) is 1.88. The molecule has 1 heterocycles. The van der Waals surface area contributed by atoms with Crippen LogP contribution in [0.1, 0.15) is 0 Å². The smallest absolute Gasteiger partial charge is 0.152 e. The van der Waals surface area contributed by atoms with Crippen molar-refractivity contribution in [1.82, 2.24) is 0 Å². The van der Waals surface area contributed by atoms with Gasteiger partial charge in [0.25, 0.3) is 0 Å². The van der Waals surface area contributed by atoms with Crippen LogP contribution in [0.15, 0.2) is 54.6 Å². The van der Waals surface area contributed by atoms with Crippen LogP contribution in [-0.4, -0.2) is 5.71 Å². The summed E-state index contributed by atoms with van der Waals surface area (Å²) >= 11 is 0. The molecule has 1 aliphatic rings. The number of rotatable bonds is 2. The maximum absolute atomic E-state index is 5.09. The Balaban J connectivity index is 2.87. The highest BCUT2D eigenvalue weighted by atomic mass is 16.5. The van der Waals surface area contributed by atoms with Crippen molar-refractivity contribution in [1.29, 1.82) is 0 Å². The lowest BCUT2D eigenvalue weighted by Gasteiger charge is -1.94. The molecule has 0 saturated heterocycles. The van der Waals surface area contributed by atoms with E-state index in [1.165, 1.54) is 6.20 Å². The molecule has 0 bridgehead atoms. The van der Waals surface area contributed by atoms with E-state index in [1.807, 2.05) is 0 Å². The van der Waals surface area contributed by atoms with Crippen LogP contribution < -0.4 is 0 Å². The Morgan fingerprint density at radius 2 is 2.27 bits per heavy atom. The highest BCUT2D eigenvalue weighted by Gasteiger charge is 2.08. The first-order valence-electron chi connectivity index (χ1n) is 3.23. The maximum Gasteiger partial charge on any atom is 0.152 e. The van der Waals surface area contributed by atoms with E-state index in [1.54, 1.807) is 24.5 Å². The van der Waals surface area contributed by atoms with Crippen LogP contribution in [0.2, 0.25) is 0 Å². The summed E-state index contributed by atoms with van der Waals surface area (Å²) in [7, 11) is 0. The van der Waals surface area contributed by atoms with Crippen molar-refractivity contribution in [2.24, 2.45) is 4.99 Å². The van der Waals surface area contributed by atoms with E-state index in [4.69, 9.17) is 4.74 Å². The minimum atomic E-state index is 0.708. The molecule has 0 aromatic carbocycles. The van der Waals surface area contributed by atoms with Crippen LogP contribution in [0.5, 0.6) is 0 Å². The zero-order chi connectivity index (χ0) is 8.10. The molecular formula is C9H9NO. The molecule has 0 aromatic rings. The molecule has 1 aliphatic heterocycles. The van der Waals surface area contributed by atoms with Crippen LogP contribution in [-0.2, 0) is 4.74 Å². The van der Waals surface area contributed by atoms with Gasteiger partial charge < -0.3 is 4.74 Å². The SMILES string of the molecule is C=C/C=C1/OC=CC1=NC=C. The lowest BCUT2D eigenvalue weighted by atomic mass is 10.3. The minimum Gasteiger partial charge on any atom is -0.463 e. The fraction of sp³-hybridized carbons (Fsp3) is 0. The molecule has 0 radical (unpaired) electrons. The number of nitrogens with zero attached hydrogens (tertiary/aromatic N) is 1. The molecule has 0 atom stereocenters. The number of ether oxygens (including phenoxy) is 1. The topological polar surface area (TPSA) is 21.6 Å². The molecule has 56 valence electrons. The fourth-order valence-corrected chi connectivity index (χ4v) is 0.751. The average molecular weight is 147 g/mol. The van der Waals surface area contributed by atoms with E-state index in [2.05, 4.69) is 18.2 Å². The van der Waals surface area contributed by atoms with Crippen LogP contribution in [0.25, 0.3) is 0 Å².